The molecule has 1 fully saturated rings. The number of nitrogens with zero attached hydrogens (tertiary/aromatic N) is 1. The average molecular weight is 207 g/mol. The van der Waals surface area contributed by atoms with Gasteiger partial charge in [0.2, 0.25) is 0 Å². The Kier molecular flexibility index (Phi) is 5.52. The molecule has 1 atom stereocenters. The van der Waals surface area contributed by atoms with Gasteiger partial charge >= 0.3 is 0 Å². The molecule has 0 aromatic carbocycles. The number of allylic oxidation sites excluding steroid dienone is 1. The maximum Gasteiger partial charge on any atom is 0.0287 e. The fourth-order valence-corrected chi connectivity index (χ4v) is 2.37. The number of unbranched alkanes of at least 4 members (excludes halogenated alkanes) is 2. The van der Waals surface area contributed by atoms with Crippen LogP contribution in [0.4, 0.5) is 0 Å². The highest BCUT2D eigenvalue weighted by atomic mass is 15.1. The first-order chi connectivity index (χ1) is 7.27. The van der Waals surface area contributed by atoms with Gasteiger partial charge in [-0.3, -0.25) is 0 Å². The molecule has 1 rings (SSSR count). The fraction of sp³-hybridized carbons (Fsp3) is 0.714. The van der Waals surface area contributed by atoms with Crippen LogP contribution in [0.2, 0.25) is 0 Å². The molecular weight excluding hydrogens is 182 g/mol. The molecule has 15 heavy (non-hydrogen) atoms. The highest BCUT2D eigenvalue weighted by molar-refractivity contribution is 5.10. The molecule has 0 aliphatic carbocycles. The predicted octanol–water partition coefficient (Wildman–Crippen LogP) is 3.98. The summed E-state index contributed by atoms with van der Waals surface area (Å²) in [6, 6.07) is 0. The van der Waals surface area contributed by atoms with Crippen molar-refractivity contribution >= 4 is 0 Å². The zero-order valence-electron chi connectivity index (χ0n) is 10.2. The number of hydrogen-bond donors (Lipinski definition) is 0. The lowest BCUT2D eigenvalue weighted by Crippen LogP contribution is -2.33. The van der Waals surface area contributed by atoms with Crippen molar-refractivity contribution in [2.75, 3.05) is 13.1 Å². The van der Waals surface area contributed by atoms with Gasteiger partial charge in [-0.25, -0.2) is 0 Å². The molecule has 0 amide bonds. The first kappa shape index (κ1) is 12.4. The molecule has 0 aromatic heterocycles. The summed E-state index contributed by atoms with van der Waals surface area (Å²) < 4.78 is 0. The first-order valence-electron chi connectivity index (χ1n) is 6.34. The Labute approximate surface area is 94.9 Å². The van der Waals surface area contributed by atoms with Crippen molar-refractivity contribution in [1.29, 1.82) is 0 Å². The van der Waals surface area contributed by atoms with E-state index in [-0.39, 0.29) is 0 Å². The van der Waals surface area contributed by atoms with Crippen molar-refractivity contribution in [3.05, 3.63) is 24.9 Å². The third-order valence-corrected chi connectivity index (χ3v) is 3.38. The average Bonchev–Trinajstić information content (AvgIpc) is 2.29. The van der Waals surface area contributed by atoms with Crippen molar-refractivity contribution in [3.63, 3.8) is 0 Å². The van der Waals surface area contributed by atoms with Gasteiger partial charge in [0.15, 0.2) is 0 Å². The Morgan fingerprint density at radius 2 is 2.27 bits per heavy atom. The van der Waals surface area contributed by atoms with Crippen molar-refractivity contribution < 1.29 is 0 Å². The van der Waals surface area contributed by atoms with E-state index in [1.165, 1.54) is 51.6 Å². The number of rotatable bonds is 6. The topological polar surface area (TPSA) is 3.24 Å². The Hall–Kier alpha value is -0.720. The quantitative estimate of drug-likeness (QED) is 0.470. The lowest BCUT2D eigenvalue weighted by molar-refractivity contribution is 0.211. The van der Waals surface area contributed by atoms with E-state index in [1.807, 2.05) is 6.08 Å². The summed E-state index contributed by atoms with van der Waals surface area (Å²) in [4.78, 5) is 2.40. The summed E-state index contributed by atoms with van der Waals surface area (Å²) in [6.07, 6.45) is 10.1. The summed E-state index contributed by atoms with van der Waals surface area (Å²) in [5, 5.41) is 0. The summed E-state index contributed by atoms with van der Waals surface area (Å²) in [5.41, 5.74) is 1.11. The van der Waals surface area contributed by atoms with Crippen LogP contribution < -0.4 is 0 Å². The molecule has 0 saturated carbocycles. The van der Waals surface area contributed by atoms with E-state index in [4.69, 9.17) is 0 Å². The molecule has 0 spiro atoms. The van der Waals surface area contributed by atoms with E-state index in [0.717, 1.165) is 11.6 Å². The second-order valence-corrected chi connectivity index (χ2v) is 4.65. The van der Waals surface area contributed by atoms with E-state index >= 15 is 0 Å². The third kappa shape index (κ3) is 4.11. The standard InChI is InChI=1S/C14H25N/c1-4-6-7-9-14-10-8-11-15(12-14)13(3)5-2/h5,14H,2-4,6-12H2,1H3. The zero-order chi connectivity index (χ0) is 11.1. The minimum Gasteiger partial charge on any atom is -0.372 e. The van der Waals surface area contributed by atoms with Gasteiger partial charge in [-0.2, -0.15) is 0 Å². The van der Waals surface area contributed by atoms with E-state index in [0.29, 0.717) is 0 Å². The molecule has 1 heteroatoms. The number of likely N-dealkylation sites (tertiary alicyclic amines) is 1. The van der Waals surface area contributed by atoms with Gasteiger partial charge < -0.3 is 4.90 Å². The Balaban J connectivity index is 2.28. The summed E-state index contributed by atoms with van der Waals surface area (Å²) in [7, 11) is 0. The van der Waals surface area contributed by atoms with Gasteiger partial charge in [0.1, 0.15) is 0 Å². The Bertz CT molecular complexity index is 207. The monoisotopic (exact) mass is 207 g/mol. The second kappa shape index (κ2) is 6.71. The largest absolute Gasteiger partial charge is 0.372 e. The van der Waals surface area contributed by atoms with E-state index < -0.39 is 0 Å². The van der Waals surface area contributed by atoms with Gasteiger partial charge in [-0.15, -0.1) is 0 Å². The predicted molar refractivity (Wildman–Crippen MR) is 67.8 cm³/mol. The van der Waals surface area contributed by atoms with Crippen LogP contribution >= 0.6 is 0 Å². The fourth-order valence-electron chi connectivity index (χ4n) is 2.37. The van der Waals surface area contributed by atoms with Gasteiger partial charge in [-0.1, -0.05) is 39.3 Å². The SMILES string of the molecule is C=CC(=C)N1CCCC(CCCCC)C1. The summed E-state index contributed by atoms with van der Waals surface area (Å²) in [6.45, 7) is 12.5. The maximum absolute atomic E-state index is 4.04. The molecule has 0 N–H and O–H groups in total. The van der Waals surface area contributed by atoms with Gasteiger partial charge in [0, 0.05) is 18.8 Å². The van der Waals surface area contributed by atoms with Crippen LogP contribution in [0.25, 0.3) is 0 Å². The van der Waals surface area contributed by atoms with Crippen molar-refractivity contribution in [2.24, 2.45) is 5.92 Å². The normalized spacial score (nSPS) is 21.4. The molecule has 0 bridgehead atoms. The highest BCUT2D eigenvalue weighted by Crippen LogP contribution is 2.24. The van der Waals surface area contributed by atoms with Crippen LogP contribution in [0.3, 0.4) is 0 Å². The minimum atomic E-state index is 0.891. The van der Waals surface area contributed by atoms with Crippen molar-refractivity contribution in [2.45, 2.75) is 45.4 Å². The maximum atomic E-state index is 4.04. The van der Waals surface area contributed by atoms with Crippen LogP contribution in [0.15, 0.2) is 24.9 Å². The van der Waals surface area contributed by atoms with Crippen LogP contribution in [0, 0.1) is 5.92 Å². The van der Waals surface area contributed by atoms with E-state index in [1.54, 1.807) is 0 Å². The lowest BCUT2D eigenvalue weighted by Gasteiger charge is -2.34. The van der Waals surface area contributed by atoms with Crippen LogP contribution in [0.1, 0.15) is 45.4 Å². The number of piperidine rings is 1. The zero-order valence-corrected chi connectivity index (χ0v) is 10.2. The van der Waals surface area contributed by atoms with Crippen molar-refractivity contribution in [1.82, 2.24) is 4.90 Å². The summed E-state index contributed by atoms with van der Waals surface area (Å²) in [5.74, 6) is 0.891. The van der Waals surface area contributed by atoms with Crippen LogP contribution in [-0.4, -0.2) is 18.0 Å². The third-order valence-electron chi connectivity index (χ3n) is 3.38. The molecule has 1 unspecified atom stereocenters. The van der Waals surface area contributed by atoms with Gasteiger partial charge in [-0.05, 0) is 31.3 Å². The van der Waals surface area contributed by atoms with E-state index in [9.17, 15) is 0 Å². The Morgan fingerprint density at radius 3 is 2.93 bits per heavy atom. The molecule has 86 valence electrons. The molecule has 1 nitrogen and oxygen atoms in total. The molecule has 1 heterocycles. The minimum absolute atomic E-state index is 0.891. The molecule has 1 saturated heterocycles. The molecular formula is C14H25N. The second-order valence-electron chi connectivity index (χ2n) is 4.65. The summed E-state index contributed by atoms with van der Waals surface area (Å²) >= 11 is 0. The van der Waals surface area contributed by atoms with Crippen molar-refractivity contribution in [3.8, 4) is 0 Å². The lowest BCUT2D eigenvalue weighted by atomic mass is 9.92. The molecule has 1 aliphatic heterocycles. The molecule has 0 aromatic rings. The Morgan fingerprint density at radius 1 is 1.47 bits per heavy atom. The molecule has 1 aliphatic rings. The number of hydrogen-bond acceptors (Lipinski definition) is 1. The smallest absolute Gasteiger partial charge is 0.0287 e. The van der Waals surface area contributed by atoms with Crippen LogP contribution in [0.5, 0.6) is 0 Å². The highest BCUT2D eigenvalue weighted by Gasteiger charge is 2.19. The first-order valence-corrected chi connectivity index (χ1v) is 6.34. The van der Waals surface area contributed by atoms with Gasteiger partial charge in [0.05, 0.1) is 0 Å². The molecule has 0 radical (unpaired) electrons. The van der Waals surface area contributed by atoms with E-state index in [2.05, 4.69) is 25.0 Å². The van der Waals surface area contributed by atoms with Gasteiger partial charge in [0.25, 0.3) is 0 Å². The van der Waals surface area contributed by atoms with Crippen LogP contribution in [-0.2, 0) is 0 Å².